The molecular weight excluding hydrogens is 246 g/mol. The third-order valence-corrected chi connectivity index (χ3v) is 5.06. The van der Waals surface area contributed by atoms with E-state index in [0.717, 1.165) is 18.4 Å². The van der Waals surface area contributed by atoms with Gasteiger partial charge in [0.2, 0.25) is 0 Å². The minimum atomic E-state index is 0.616. The van der Waals surface area contributed by atoms with Crippen molar-refractivity contribution in [3.8, 4) is 0 Å². The zero-order chi connectivity index (χ0) is 13.9. The number of aryl methyl sites for hydroxylation is 1. The van der Waals surface area contributed by atoms with E-state index in [4.69, 9.17) is 10.7 Å². The minimum Gasteiger partial charge on any atom is -0.353 e. The van der Waals surface area contributed by atoms with Crippen LogP contribution in [0.1, 0.15) is 56.7 Å². The average molecular weight is 273 g/mol. The van der Waals surface area contributed by atoms with Gasteiger partial charge in [-0.2, -0.15) is 0 Å². The Labute approximate surface area is 122 Å². The summed E-state index contributed by atoms with van der Waals surface area (Å²) in [4.78, 5) is 7.45. The molecule has 1 aliphatic heterocycles. The van der Waals surface area contributed by atoms with Crippen LogP contribution in [0, 0.1) is 5.92 Å². The maximum absolute atomic E-state index is 5.85. The van der Waals surface area contributed by atoms with Gasteiger partial charge in [0.25, 0.3) is 0 Å². The summed E-state index contributed by atoms with van der Waals surface area (Å²) in [5, 5.41) is 0. The standard InChI is InChI=1S/C17H27N3/c1-2-15-10-13(12-18)11-17(19-15)20-9-5-8-16(20)14-6-3-4-7-14/h10-11,14,16H,2-9,12,18H2,1H3. The Hall–Kier alpha value is -1.09. The minimum absolute atomic E-state index is 0.616. The molecule has 2 N–H and O–H groups in total. The number of pyridine rings is 1. The van der Waals surface area contributed by atoms with Crippen LogP contribution in [0.5, 0.6) is 0 Å². The fraction of sp³-hybridized carbons (Fsp3) is 0.706. The number of aromatic nitrogens is 1. The summed E-state index contributed by atoms with van der Waals surface area (Å²) >= 11 is 0. The summed E-state index contributed by atoms with van der Waals surface area (Å²) in [6.45, 7) is 3.96. The van der Waals surface area contributed by atoms with Gasteiger partial charge in [0, 0.05) is 24.8 Å². The maximum atomic E-state index is 5.85. The van der Waals surface area contributed by atoms with Crippen molar-refractivity contribution >= 4 is 5.82 Å². The highest BCUT2D eigenvalue weighted by Gasteiger charge is 2.34. The lowest BCUT2D eigenvalue weighted by Crippen LogP contribution is -2.35. The van der Waals surface area contributed by atoms with Crippen LogP contribution in [0.2, 0.25) is 0 Å². The molecule has 1 saturated heterocycles. The van der Waals surface area contributed by atoms with Crippen LogP contribution in [0.3, 0.4) is 0 Å². The molecule has 2 fully saturated rings. The van der Waals surface area contributed by atoms with Crippen LogP contribution in [-0.4, -0.2) is 17.6 Å². The smallest absolute Gasteiger partial charge is 0.129 e. The van der Waals surface area contributed by atoms with Gasteiger partial charge in [0.05, 0.1) is 0 Å². The second kappa shape index (κ2) is 6.13. The number of nitrogens with two attached hydrogens (primary N) is 1. The lowest BCUT2D eigenvalue weighted by molar-refractivity contribution is 0.429. The summed E-state index contributed by atoms with van der Waals surface area (Å²) in [5.74, 6) is 2.07. The first-order valence-electron chi connectivity index (χ1n) is 8.28. The van der Waals surface area contributed by atoms with Gasteiger partial charge in [-0.25, -0.2) is 4.98 Å². The van der Waals surface area contributed by atoms with E-state index in [2.05, 4.69) is 24.0 Å². The van der Waals surface area contributed by atoms with E-state index >= 15 is 0 Å². The topological polar surface area (TPSA) is 42.1 Å². The normalized spacial score (nSPS) is 23.7. The average Bonchev–Trinajstić information content (AvgIpc) is 3.16. The number of anilines is 1. The van der Waals surface area contributed by atoms with Crippen LogP contribution < -0.4 is 10.6 Å². The maximum Gasteiger partial charge on any atom is 0.129 e. The van der Waals surface area contributed by atoms with Gasteiger partial charge < -0.3 is 10.6 Å². The van der Waals surface area contributed by atoms with Crippen molar-refractivity contribution in [1.82, 2.24) is 4.98 Å². The molecule has 2 aliphatic rings. The Morgan fingerprint density at radius 2 is 2.00 bits per heavy atom. The molecule has 110 valence electrons. The number of nitrogens with zero attached hydrogens (tertiary/aromatic N) is 2. The van der Waals surface area contributed by atoms with Crippen molar-refractivity contribution < 1.29 is 0 Å². The van der Waals surface area contributed by atoms with E-state index in [1.807, 2.05) is 0 Å². The van der Waals surface area contributed by atoms with Crippen molar-refractivity contribution in [2.75, 3.05) is 11.4 Å². The van der Waals surface area contributed by atoms with Gasteiger partial charge in [-0.15, -0.1) is 0 Å². The predicted octanol–water partition coefficient (Wildman–Crippen LogP) is 3.26. The van der Waals surface area contributed by atoms with Gasteiger partial charge in [0.15, 0.2) is 0 Å². The molecule has 0 amide bonds. The fourth-order valence-corrected chi connectivity index (χ4v) is 3.99. The number of hydrogen-bond donors (Lipinski definition) is 1. The largest absolute Gasteiger partial charge is 0.353 e. The number of rotatable bonds is 4. The summed E-state index contributed by atoms with van der Waals surface area (Å²) in [6, 6.07) is 5.10. The van der Waals surface area contributed by atoms with Crippen molar-refractivity contribution in [2.24, 2.45) is 11.7 Å². The van der Waals surface area contributed by atoms with Gasteiger partial charge in [0.1, 0.15) is 5.82 Å². The molecule has 0 bridgehead atoms. The summed E-state index contributed by atoms with van der Waals surface area (Å²) in [5.41, 5.74) is 8.26. The van der Waals surface area contributed by atoms with Gasteiger partial charge >= 0.3 is 0 Å². The molecule has 20 heavy (non-hydrogen) atoms. The molecule has 1 atom stereocenters. The SMILES string of the molecule is CCc1cc(CN)cc(N2CCCC2C2CCCC2)n1. The zero-order valence-corrected chi connectivity index (χ0v) is 12.6. The lowest BCUT2D eigenvalue weighted by atomic mass is 9.96. The molecule has 0 radical (unpaired) electrons. The van der Waals surface area contributed by atoms with Crippen LogP contribution >= 0.6 is 0 Å². The van der Waals surface area contributed by atoms with Crippen molar-refractivity contribution in [3.05, 3.63) is 23.4 Å². The predicted molar refractivity (Wildman–Crippen MR) is 83.8 cm³/mol. The van der Waals surface area contributed by atoms with E-state index < -0.39 is 0 Å². The Bertz CT molecular complexity index is 429. The highest BCUT2D eigenvalue weighted by molar-refractivity contribution is 5.45. The molecule has 3 rings (SSSR count). The molecule has 1 unspecified atom stereocenters. The van der Waals surface area contributed by atoms with Crippen molar-refractivity contribution in [3.63, 3.8) is 0 Å². The van der Waals surface area contributed by atoms with E-state index in [-0.39, 0.29) is 0 Å². The Balaban J connectivity index is 1.86. The first-order chi connectivity index (χ1) is 9.81. The molecule has 0 aromatic carbocycles. The van der Waals surface area contributed by atoms with Crippen LogP contribution in [0.15, 0.2) is 12.1 Å². The van der Waals surface area contributed by atoms with Crippen molar-refractivity contribution in [1.29, 1.82) is 0 Å². The molecule has 3 heteroatoms. The first-order valence-corrected chi connectivity index (χ1v) is 8.28. The Kier molecular flexibility index (Phi) is 4.25. The van der Waals surface area contributed by atoms with Crippen molar-refractivity contribution in [2.45, 2.75) is 64.5 Å². The molecule has 1 saturated carbocycles. The van der Waals surface area contributed by atoms with Crippen LogP contribution in [-0.2, 0) is 13.0 Å². The third kappa shape index (κ3) is 2.69. The quantitative estimate of drug-likeness (QED) is 0.915. The monoisotopic (exact) mass is 273 g/mol. The second-order valence-electron chi connectivity index (χ2n) is 6.33. The highest BCUT2D eigenvalue weighted by Crippen LogP contribution is 2.37. The molecule has 1 aromatic heterocycles. The van der Waals surface area contributed by atoms with Gasteiger partial charge in [-0.3, -0.25) is 0 Å². The van der Waals surface area contributed by atoms with Gasteiger partial charge in [-0.1, -0.05) is 19.8 Å². The number of hydrogen-bond acceptors (Lipinski definition) is 3. The first kappa shape index (κ1) is 13.9. The Morgan fingerprint density at radius 3 is 2.70 bits per heavy atom. The lowest BCUT2D eigenvalue weighted by Gasteiger charge is -2.31. The third-order valence-electron chi connectivity index (χ3n) is 5.06. The summed E-state index contributed by atoms with van der Waals surface area (Å²) < 4.78 is 0. The van der Waals surface area contributed by atoms with E-state index in [0.29, 0.717) is 6.54 Å². The van der Waals surface area contributed by atoms with Crippen LogP contribution in [0.25, 0.3) is 0 Å². The summed E-state index contributed by atoms with van der Waals surface area (Å²) in [7, 11) is 0. The molecule has 0 spiro atoms. The zero-order valence-electron chi connectivity index (χ0n) is 12.6. The fourth-order valence-electron chi connectivity index (χ4n) is 3.99. The van der Waals surface area contributed by atoms with E-state index in [1.54, 1.807) is 0 Å². The van der Waals surface area contributed by atoms with Gasteiger partial charge in [-0.05, 0) is 55.7 Å². The molecular formula is C17H27N3. The highest BCUT2D eigenvalue weighted by atomic mass is 15.2. The molecule has 1 aromatic rings. The second-order valence-corrected chi connectivity index (χ2v) is 6.33. The molecule has 3 nitrogen and oxygen atoms in total. The van der Waals surface area contributed by atoms with Crippen LogP contribution in [0.4, 0.5) is 5.82 Å². The molecule has 1 aliphatic carbocycles. The van der Waals surface area contributed by atoms with E-state index in [1.165, 1.54) is 62.1 Å². The molecule has 2 heterocycles. The Morgan fingerprint density at radius 1 is 1.20 bits per heavy atom. The summed E-state index contributed by atoms with van der Waals surface area (Å²) in [6.07, 6.45) is 9.33. The van der Waals surface area contributed by atoms with E-state index in [9.17, 15) is 0 Å².